The standard InChI is InChI=1S/C9H7F4N3O2.CH2O3.2Cs/c10-8(11)4-15(5-9(8,12)13)7-2-1-6(3-14-7)16(17)18;2-1(3)4;;/h1-3H,4-5H2;(H2,2,3,4);;/q;;2*+1/p-2. The third-order valence-corrected chi connectivity index (χ3v) is 2.58. The van der Waals surface area contributed by atoms with E-state index in [2.05, 4.69) is 4.98 Å². The molecule has 24 heavy (non-hydrogen) atoms. The van der Waals surface area contributed by atoms with Gasteiger partial charge in [-0.05, 0) is 12.2 Å². The van der Waals surface area contributed by atoms with Crippen LogP contribution in [-0.4, -0.2) is 41.0 Å². The minimum absolute atomic E-state index is 0. The van der Waals surface area contributed by atoms with Crippen molar-refractivity contribution in [3.8, 4) is 0 Å². The molecular weight excluding hydrogens is 584 g/mol. The summed E-state index contributed by atoms with van der Waals surface area (Å²) in [5, 5.41) is 27.0. The molecule has 1 saturated heterocycles. The van der Waals surface area contributed by atoms with Crippen LogP contribution in [0.3, 0.4) is 0 Å². The zero-order valence-corrected chi connectivity index (χ0v) is 25.1. The molecule has 1 aliphatic heterocycles. The molecule has 14 heteroatoms. The van der Waals surface area contributed by atoms with Crippen LogP contribution in [0.5, 0.6) is 0 Å². The second kappa shape index (κ2) is 11.3. The minimum Gasteiger partial charge on any atom is -0.652 e. The van der Waals surface area contributed by atoms with Crippen molar-refractivity contribution < 1.29 is 175 Å². The van der Waals surface area contributed by atoms with Gasteiger partial charge in [-0.25, -0.2) is 4.98 Å². The predicted octanol–water partition coefficient (Wildman–Crippen LogP) is -6.36. The summed E-state index contributed by atoms with van der Waals surface area (Å²) in [5.41, 5.74) is -0.337. The quantitative estimate of drug-likeness (QED) is 0.191. The average molecular weight is 591 g/mol. The van der Waals surface area contributed by atoms with Gasteiger partial charge in [-0.3, -0.25) is 10.1 Å². The first-order valence-corrected chi connectivity index (χ1v) is 5.45. The van der Waals surface area contributed by atoms with Gasteiger partial charge in [0.05, 0.1) is 18.0 Å². The molecule has 2 rings (SSSR count). The molecule has 0 radical (unpaired) electrons. The van der Waals surface area contributed by atoms with E-state index in [1.807, 2.05) is 0 Å². The normalized spacial score (nSPS) is 16.8. The van der Waals surface area contributed by atoms with Crippen LogP contribution in [0.2, 0.25) is 0 Å². The molecule has 0 bridgehead atoms. The van der Waals surface area contributed by atoms with Gasteiger partial charge in [0.15, 0.2) is 0 Å². The first-order chi connectivity index (χ1) is 9.96. The van der Waals surface area contributed by atoms with Gasteiger partial charge in [-0.1, -0.05) is 0 Å². The Morgan fingerprint density at radius 3 is 1.83 bits per heavy atom. The van der Waals surface area contributed by atoms with Crippen LogP contribution < -0.4 is 153 Å². The smallest absolute Gasteiger partial charge is 0.652 e. The fraction of sp³-hybridized carbons (Fsp3) is 0.400. The van der Waals surface area contributed by atoms with Crippen molar-refractivity contribution in [3.63, 3.8) is 0 Å². The Hall–Kier alpha value is 1.44. The Balaban J connectivity index is 0. The predicted molar refractivity (Wildman–Crippen MR) is 58.4 cm³/mol. The van der Waals surface area contributed by atoms with E-state index in [9.17, 15) is 27.7 Å². The summed E-state index contributed by atoms with van der Waals surface area (Å²) in [7, 11) is 0. The number of pyridine rings is 1. The number of anilines is 1. The zero-order valence-electron chi connectivity index (χ0n) is 12.5. The molecule has 122 valence electrons. The number of nitrogens with zero attached hydrogens (tertiary/aromatic N) is 3. The molecule has 1 aromatic rings. The van der Waals surface area contributed by atoms with Crippen molar-refractivity contribution in [2.45, 2.75) is 11.8 Å². The molecular formula is C10H7Cs2F4N3O5. The summed E-state index contributed by atoms with van der Waals surface area (Å²) >= 11 is 0. The number of carbonyl (C=O) groups is 1. The van der Waals surface area contributed by atoms with Gasteiger partial charge in [0, 0.05) is 6.07 Å². The van der Waals surface area contributed by atoms with Gasteiger partial charge in [0.25, 0.3) is 5.69 Å². The number of hydrogen-bond acceptors (Lipinski definition) is 7. The van der Waals surface area contributed by atoms with Crippen LogP contribution >= 0.6 is 0 Å². The maximum atomic E-state index is 12.9. The van der Waals surface area contributed by atoms with E-state index in [0.29, 0.717) is 4.90 Å². The van der Waals surface area contributed by atoms with Gasteiger partial charge in [0.2, 0.25) is 0 Å². The molecule has 0 atom stereocenters. The maximum Gasteiger partial charge on any atom is 1.00 e. The van der Waals surface area contributed by atoms with Gasteiger partial charge in [-0.15, -0.1) is 0 Å². The summed E-state index contributed by atoms with van der Waals surface area (Å²) in [5.74, 6) is -8.40. The number of aromatic nitrogens is 1. The summed E-state index contributed by atoms with van der Waals surface area (Å²) < 4.78 is 51.8. The van der Waals surface area contributed by atoms with E-state index >= 15 is 0 Å². The number of rotatable bonds is 2. The number of nitro groups is 1. The fourth-order valence-electron chi connectivity index (χ4n) is 1.60. The summed E-state index contributed by atoms with van der Waals surface area (Å²) in [6.45, 7) is -2.32. The Morgan fingerprint density at radius 1 is 1.12 bits per heavy atom. The Morgan fingerprint density at radius 2 is 1.54 bits per heavy atom. The summed E-state index contributed by atoms with van der Waals surface area (Å²) in [6.07, 6.45) is -1.50. The topological polar surface area (TPSA) is 122 Å². The molecule has 0 saturated carbocycles. The summed E-state index contributed by atoms with van der Waals surface area (Å²) in [4.78, 5) is 22.2. The zero-order chi connectivity index (χ0) is 17.1. The summed E-state index contributed by atoms with van der Waals surface area (Å²) in [6, 6.07) is 2.09. The SMILES string of the molecule is O=C([O-])[O-].O=[N+]([O-])c1ccc(N2CC(F)(F)C(F)(F)C2)nc1.[Cs+].[Cs+]. The van der Waals surface area contributed by atoms with Gasteiger partial charge in [-0.2, -0.15) is 17.6 Å². The monoisotopic (exact) mass is 591 g/mol. The molecule has 1 aliphatic rings. The number of carboxylic acid groups (broad SMARTS) is 2. The maximum absolute atomic E-state index is 12.9. The van der Waals surface area contributed by atoms with E-state index in [4.69, 9.17) is 15.0 Å². The van der Waals surface area contributed by atoms with Gasteiger partial charge in [0.1, 0.15) is 12.0 Å². The first kappa shape index (κ1) is 27.7. The van der Waals surface area contributed by atoms with Crippen LogP contribution in [0.15, 0.2) is 18.3 Å². The Labute approximate surface area is 250 Å². The Kier molecular flexibility index (Phi) is 13.1. The fourth-order valence-corrected chi connectivity index (χ4v) is 1.60. The molecule has 0 N–H and O–H groups in total. The molecule has 0 spiro atoms. The number of hydrogen-bond donors (Lipinski definition) is 0. The van der Waals surface area contributed by atoms with E-state index in [1.54, 1.807) is 0 Å². The van der Waals surface area contributed by atoms with Crippen LogP contribution in [0.4, 0.5) is 33.9 Å². The second-order valence-electron chi connectivity index (χ2n) is 4.15. The molecule has 0 unspecified atom stereocenters. The van der Waals surface area contributed by atoms with Gasteiger partial charge < -0.3 is 19.9 Å². The molecule has 2 heterocycles. The molecule has 1 fully saturated rings. The second-order valence-corrected chi connectivity index (χ2v) is 4.15. The van der Waals surface area contributed by atoms with Crippen LogP contribution in [0.1, 0.15) is 0 Å². The van der Waals surface area contributed by atoms with E-state index in [1.165, 1.54) is 0 Å². The molecule has 0 amide bonds. The third kappa shape index (κ3) is 7.99. The van der Waals surface area contributed by atoms with Gasteiger partial charge >= 0.3 is 150 Å². The van der Waals surface area contributed by atoms with Crippen molar-refractivity contribution >= 4 is 17.7 Å². The molecule has 1 aromatic heterocycles. The molecule has 8 nitrogen and oxygen atoms in total. The van der Waals surface area contributed by atoms with E-state index in [0.717, 1.165) is 18.3 Å². The average Bonchev–Trinajstić information content (AvgIpc) is 2.58. The van der Waals surface area contributed by atoms with Crippen molar-refractivity contribution in [2.75, 3.05) is 18.0 Å². The van der Waals surface area contributed by atoms with Crippen molar-refractivity contribution in [1.82, 2.24) is 4.98 Å². The van der Waals surface area contributed by atoms with Crippen LogP contribution in [-0.2, 0) is 0 Å². The number of halogens is 4. The number of carbonyl (C=O) groups excluding carboxylic acids is 1. The van der Waals surface area contributed by atoms with E-state index in [-0.39, 0.29) is 149 Å². The largest absolute Gasteiger partial charge is 1.00 e. The van der Waals surface area contributed by atoms with Crippen molar-refractivity contribution in [2.24, 2.45) is 0 Å². The van der Waals surface area contributed by atoms with Crippen LogP contribution in [0, 0.1) is 10.1 Å². The van der Waals surface area contributed by atoms with Crippen molar-refractivity contribution in [1.29, 1.82) is 0 Å². The van der Waals surface area contributed by atoms with E-state index < -0.39 is 36.0 Å². The third-order valence-electron chi connectivity index (χ3n) is 2.58. The van der Waals surface area contributed by atoms with Crippen molar-refractivity contribution in [3.05, 3.63) is 28.4 Å². The Bertz CT molecular complexity index is 556. The molecule has 0 aromatic carbocycles. The number of alkyl halides is 4. The van der Waals surface area contributed by atoms with Crippen LogP contribution in [0.25, 0.3) is 0 Å². The first-order valence-electron chi connectivity index (χ1n) is 5.45. The minimum atomic E-state index is -4.13. The molecule has 0 aliphatic carbocycles.